The number of sulfonamides is 1. The minimum Gasteiger partial charge on any atom is -0.211 e. The Kier molecular flexibility index (Phi) is 5.68. The maximum absolute atomic E-state index is 12.2. The average Bonchev–Trinajstić information content (AvgIpc) is 2.43. The van der Waals surface area contributed by atoms with Gasteiger partial charge in [0.05, 0.1) is 14.9 Å². The van der Waals surface area contributed by atoms with Gasteiger partial charge in [-0.05, 0) is 52.2 Å². The SMILES string of the molecule is O=S(=O)(NCCc1ccc(Cl)c(Cl)c1)c1ccccc1Br. The van der Waals surface area contributed by atoms with Crippen LogP contribution in [-0.4, -0.2) is 15.0 Å². The van der Waals surface area contributed by atoms with Crippen LogP contribution in [0.4, 0.5) is 0 Å². The van der Waals surface area contributed by atoms with Crippen LogP contribution in [0.15, 0.2) is 51.8 Å². The highest BCUT2D eigenvalue weighted by atomic mass is 79.9. The summed E-state index contributed by atoms with van der Waals surface area (Å²) in [7, 11) is -3.54. The lowest BCUT2D eigenvalue weighted by molar-refractivity contribution is 0.581. The van der Waals surface area contributed by atoms with Crippen molar-refractivity contribution in [2.24, 2.45) is 0 Å². The molecule has 0 radical (unpaired) electrons. The van der Waals surface area contributed by atoms with Crippen LogP contribution >= 0.6 is 39.1 Å². The van der Waals surface area contributed by atoms with Gasteiger partial charge in [0.25, 0.3) is 0 Å². The highest BCUT2D eigenvalue weighted by Crippen LogP contribution is 2.23. The van der Waals surface area contributed by atoms with Gasteiger partial charge in [0.1, 0.15) is 0 Å². The fraction of sp³-hybridized carbons (Fsp3) is 0.143. The summed E-state index contributed by atoms with van der Waals surface area (Å²) in [6, 6.07) is 11.9. The van der Waals surface area contributed by atoms with Gasteiger partial charge in [-0.15, -0.1) is 0 Å². The van der Waals surface area contributed by atoms with E-state index in [0.717, 1.165) is 5.56 Å². The van der Waals surface area contributed by atoms with E-state index in [9.17, 15) is 8.42 Å². The van der Waals surface area contributed by atoms with Crippen LogP contribution in [0.25, 0.3) is 0 Å². The van der Waals surface area contributed by atoms with E-state index in [1.807, 2.05) is 6.07 Å². The van der Waals surface area contributed by atoms with Gasteiger partial charge >= 0.3 is 0 Å². The molecule has 21 heavy (non-hydrogen) atoms. The Morgan fingerprint density at radius 3 is 2.43 bits per heavy atom. The fourth-order valence-corrected chi connectivity index (χ4v) is 4.12. The minimum atomic E-state index is -3.54. The Hall–Kier alpha value is -0.590. The Labute approximate surface area is 142 Å². The zero-order valence-corrected chi connectivity index (χ0v) is 14.7. The van der Waals surface area contributed by atoms with E-state index in [-0.39, 0.29) is 11.4 Å². The third-order valence-corrected chi connectivity index (χ3v) is 6.03. The maximum atomic E-state index is 12.2. The quantitative estimate of drug-likeness (QED) is 0.802. The molecular weight excluding hydrogens is 397 g/mol. The van der Waals surface area contributed by atoms with Crippen molar-refractivity contribution in [1.29, 1.82) is 0 Å². The van der Waals surface area contributed by atoms with E-state index in [2.05, 4.69) is 20.7 Å². The first-order valence-corrected chi connectivity index (χ1v) is 9.11. The van der Waals surface area contributed by atoms with Crippen LogP contribution in [-0.2, 0) is 16.4 Å². The zero-order chi connectivity index (χ0) is 15.5. The van der Waals surface area contributed by atoms with Gasteiger partial charge < -0.3 is 0 Å². The van der Waals surface area contributed by atoms with Crippen molar-refractivity contribution in [1.82, 2.24) is 4.72 Å². The number of rotatable bonds is 5. The number of halogens is 3. The molecule has 0 bridgehead atoms. The van der Waals surface area contributed by atoms with Gasteiger partial charge in [0, 0.05) is 11.0 Å². The van der Waals surface area contributed by atoms with Crippen molar-refractivity contribution in [2.75, 3.05) is 6.54 Å². The molecule has 0 aliphatic carbocycles. The summed E-state index contributed by atoms with van der Waals surface area (Å²) in [4.78, 5) is 0.221. The molecule has 0 spiro atoms. The van der Waals surface area contributed by atoms with E-state index in [4.69, 9.17) is 23.2 Å². The molecule has 0 fully saturated rings. The Morgan fingerprint density at radius 2 is 1.76 bits per heavy atom. The van der Waals surface area contributed by atoms with Crippen LogP contribution in [0.5, 0.6) is 0 Å². The van der Waals surface area contributed by atoms with E-state index in [1.165, 1.54) is 0 Å². The Bertz CT molecular complexity index is 750. The fourth-order valence-electron chi connectivity index (χ4n) is 1.77. The van der Waals surface area contributed by atoms with Gasteiger partial charge in [0.2, 0.25) is 10.0 Å². The van der Waals surface area contributed by atoms with Gasteiger partial charge in [-0.25, -0.2) is 13.1 Å². The van der Waals surface area contributed by atoms with Crippen LogP contribution in [0.3, 0.4) is 0 Å². The van der Waals surface area contributed by atoms with Crippen molar-refractivity contribution in [3.05, 3.63) is 62.5 Å². The van der Waals surface area contributed by atoms with Gasteiger partial charge in [-0.1, -0.05) is 41.4 Å². The molecule has 112 valence electrons. The molecule has 3 nitrogen and oxygen atoms in total. The van der Waals surface area contributed by atoms with Crippen LogP contribution in [0.2, 0.25) is 10.0 Å². The number of benzene rings is 2. The van der Waals surface area contributed by atoms with E-state index >= 15 is 0 Å². The molecule has 0 saturated heterocycles. The van der Waals surface area contributed by atoms with E-state index in [0.29, 0.717) is 20.9 Å². The minimum absolute atomic E-state index is 0.221. The van der Waals surface area contributed by atoms with Crippen molar-refractivity contribution in [2.45, 2.75) is 11.3 Å². The molecule has 2 aromatic carbocycles. The Morgan fingerprint density at radius 1 is 1.05 bits per heavy atom. The topological polar surface area (TPSA) is 46.2 Å². The normalized spacial score (nSPS) is 11.6. The van der Waals surface area contributed by atoms with Crippen molar-refractivity contribution >= 4 is 49.2 Å². The van der Waals surface area contributed by atoms with Crippen LogP contribution in [0, 0.1) is 0 Å². The average molecular weight is 409 g/mol. The first kappa shape index (κ1) is 16.8. The van der Waals surface area contributed by atoms with Gasteiger partial charge in [0.15, 0.2) is 0 Å². The second kappa shape index (κ2) is 7.11. The maximum Gasteiger partial charge on any atom is 0.241 e. The number of nitrogens with one attached hydrogen (secondary N) is 1. The molecule has 0 atom stereocenters. The van der Waals surface area contributed by atoms with Gasteiger partial charge in [-0.2, -0.15) is 0 Å². The zero-order valence-electron chi connectivity index (χ0n) is 10.8. The Balaban J connectivity index is 2.02. The highest BCUT2D eigenvalue weighted by Gasteiger charge is 2.16. The smallest absolute Gasteiger partial charge is 0.211 e. The lowest BCUT2D eigenvalue weighted by Crippen LogP contribution is -2.26. The molecule has 0 heterocycles. The molecule has 0 aromatic heterocycles. The number of hydrogen-bond acceptors (Lipinski definition) is 2. The largest absolute Gasteiger partial charge is 0.241 e. The molecular formula is C14H12BrCl2NO2S. The van der Waals surface area contributed by atoms with Crippen molar-refractivity contribution < 1.29 is 8.42 Å². The molecule has 0 unspecified atom stereocenters. The summed E-state index contributed by atoms with van der Waals surface area (Å²) < 4.78 is 27.5. The van der Waals surface area contributed by atoms with Crippen LogP contribution < -0.4 is 4.72 Å². The van der Waals surface area contributed by atoms with Crippen molar-refractivity contribution in [3.63, 3.8) is 0 Å². The standard InChI is InChI=1S/C14H12BrCl2NO2S/c15-11-3-1-2-4-14(11)21(19,20)18-8-7-10-5-6-12(16)13(17)9-10/h1-6,9,18H,7-8H2. The lowest BCUT2D eigenvalue weighted by atomic mass is 10.1. The first-order chi connectivity index (χ1) is 9.90. The molecule has 0 aliphatic heterocycles. The lowest BCUT2D eigenvalue weighted by Gasteiger charge is -2.08. The van der Waals surface area contributed by atoms with Gasteiger partial charge in [-0.3, -0.25) is 0 Å². The monoisotopic (exact) mass is 407 g/mol. The second-order valence-electron chi connectivity index (χ2n) is 4.33. The molecule has 2 aromatic rings. The molecule has 0 saturated carbocycles. The van der Waals surface area contributed by atoms with Crippen LogP contribution in [0.1, 0.15) is 5.56 Å². The molecule has 7 heteroatoms. The van der Waals surface area contributed by atoms with E-state index in [1.54, 1.807) is 36.4 Å². The summed E-state index contributed by atoms with van der Waals surface area (Å²) >= 11 is 15.0. The molecule has 0 aliphatic rings. The summed E-state index contributed by atoms with van der Waals surface area (Å²) in [5, 5.41) is 0.942. The molecule has 2 rings (SSSR count). The number of hydrogen-bond donors (Lipinski definition) is 1. The third-order valence-electron chi connectivity index (χ3n) is 2.82. The third kappa shape index (κ3) is 4.44. The second-order valence-corrected chi connectivity index (χ2v) is 7.73. The molecule has 0 amide bonds. The highest BCUT2D eigenvalue weighted by molar-refractivity contribution is 9.10. The molecule has 1 N–H and O–H groups in total. The summed E-state index contributed by atoms with van der Waals surface area (Å²) in [6.07, 6.45) is 0.528. The first-order valence-electron chi connectivity index (χ1n) is 6.08. The van der Waals surface area contributed by atoms with E-state index < -0.39 is 10.0 Å². The predicted octanol–water partition coefficient (Wildman–Crippen LogP) is 4.28. The van der Waals surface area contributed by atoms with Crippen molar-refractivity contribution in [3.8, 4) is 0 Å². The summed E-state index contributed by atoms with van der Waals surface area (Å²) in [5.74, 6) is 0. The summed E-state index contributed by atoms with van der Waals surface area (Å²) in [5.41, 5.74) is 0.916. The summed E-state index contributed by atoms with van der Waals surface area (Å²) in [6.45, 7) is 0.279. The predicted molar refractivity (Wildman–Crippen MR) is 89.5 cm³/mol.